The number of hydrogen-bond donors (Lipinski definition) is 2. The van der Waals surface area contributed by atoms with Crippen LogP contribution in [0.15, 0.2) is 0 Å². The van der Waals surface area contributed by atoms with E-state index in [1.165, 1.54) is 12.8 Å². The van der Waals surface area contributed by atoms with Crippen molar-refractivity contribution in [3.8, 4) is 0 Å². The van der Waals surface area contributed by atoms with Gasteiger partial charge in [0.15, 0.2) is 0 Å². The third-order valence-electron chi connectivity index (χ3n) is 4.87. The van der Waals surface area contributed by atoms with Crippen LogP contribution in [-0.4, -0.2) is 24.0 Å². The predicted octanol–water partition coefficient (Wildman–Crippen LogP) is 1.97. The summed E-state index contributed by atoms with van der Waals surface area (Å²) in [5, 5.41) is 6.95. The Morgan fingerprint density at radius 1 is 1.29 bits per heavy atom. The molecule has 2 saturated heterocycles. The van der Waals surface area contributed by atoms with Crippen molar-refractivity contribution in [2.24, 2.45) is 5.41 Å². The smallest absolute Gasteiger partial charge is 0.226 e. The first-order valence-electron chi connectivity index (χ1n) is 7.29. The number of fused-ring (bicyclic) bond motifs is 2. The molecule has 3 nitrogen and oxygen atoms in total. The fourth-order valence-corrected chi connectivity index (χ4v) is 3.73. The molecular weight excluding hydrogens is 212 g/mol. The molecule has 96 valence electrons. The summed E-state index contributed by atoms with van der Waals surface area (Å²) in [6.07, 6.45) is 9.33. The fourth-order valence-electron chi connectivity index (χ4n) is 3.73. The second-order valence-electron chi connectivity index (χ2n) is 6.31. The highest BCUT2D eigenvalue weighted by molar-refractivity contribution is 5.85. The number of amides is 1. The van der Waals surface area contributed by atoms with E-state index in [0.717, 1.165) is 38.5 Å². The molecule has 2 N–H and O–H groups in total. The van der Waals surface area contributed by atoms with Crippen molar-refractivity contribution in [2.75, 3.05) is 0 Å². The molecule has 3 aliphatic rings. The molecule has 0 aromatic rings. The van der Waals surface area contributed by atoms with E-state index in [1.807, 2.05) is 0 Å². The molecule has 2 heterocycles. The van der Waals surface area contributed by atoms with Gasteiger partial charge in [-0.05, 0) is 44.9 Å². The van der Waals surface area contributed by atoms with E-state index in [-0.39, 0.29) is 5.41 Å². The van der Waals surface area contributed by atoms with Crippen LogP contribution in [0.1, 0.15) is 58.3 Å². The van der Waals surface area contributed by atoms with Crippen molar-refractivity contribution in [3.05, 3.63) is 0 Å². The van der Waals surface area contributed by atoms with Gasteiger partial charge < -0.3 is 10.6 Å². The van der Waals surface area contributed by atoms with Crippen LogP contribution in [0.2, 0.25) is 0 Å². The van der Waals surface area contributed by atoms with Gasteiger partial charge in [-0.2, -0.15) is 0 Å². The Hall–Kier alpha value is -0.570. The third-order valence-corrected chi connectivity index (χ3v) is 4.87. The monoisotopic (exact) mass is 236 g/mol. The van der Waals surface area contributed by atoms with Crippen LogP contribution in [0.25, 0.3) is 0 Å². The van der Waals surface area contributed by atoms with Crippen LogP contribution in [-0.2, 0) is 4.79 Å². The zero-order valence-corrected chi connectivity index (χ0v) is 10.8. The van der Waals surface area contributed by atoms with Gasteiger partial charge in [0.1, 0.15) is 0 Å². The molecule has 1 saturated carbocycles. The summed E-state index contributed by atoms with van der Waals surface area (Å²) in [7, 11) is 0. The van der Waals surface area contributed by atoms with Gasteiger partial charge in [-0.3, -0.25) is 4.79 Å². The van der Waals surface area contributed by atoms with Gasteiger partial charge >= 0.3 is 0 Å². The lowest BCUT2D eigenvalue weighted by Crippen LogP contribution is -2.49. The van der Waals surface area contributed by atoms with Crippen molar-refractivity contribution in [3.63, 3.8) is 0 Å². The zero-order chi connectivity index (χ0) is 11.9. The van der Waals surface area contributed by atoms with Gasteiger partial charge in [0.05, 0.1) is 0 Å². The molecule has 2 bridgehead atoms. The lowest BCUT2D eigenvalue weighted by molar-refractivity contribution is -0.127. The van der Waals surface area contributed by atoms with E-state index in [2.05, 4.69) is 17.6 Å². The highest BCUT2D eigenvalue weighted by atomic mass is 16.2. The van der Waals surface area contributed by atoms with Gasteiger partial charge in [0.25, 0.3) is 0 Å². The summed E-state index contributed by atoms with van der Waals surface area (Å²) in [6, 6.07) is 1.77. The normalized spacial score (nSPS) is 37.8. The Morgan fingerprint density at radius 2 is 1.94 bits per heavy atom. The zero-order valence-electron chi connectivity index (χ0n) is 10.8. The van der Waals surface area contributed by atoms with E-state index in [9.17, 15) is 4.79 Å². The molecule has 0 aromatic heterocycles. The number of rotatable bonds is 4. The molecule has 2 unspecified atom stereocenters. The van der Waals surface area contributed by atoms with Crippen molar-refractivity contribution in [1.29, 1.82) is 0 Å². The summed E-state index contributed by atoms with van der Waals surface area (Å²) in [5.74, 6) is 0.352. The van der Waals surface area contributed by atoms with E-state index in [0.29, 0.717) is 24.0 Å². The van der Waals surface area contributed by atoms with Crippen molar-refractivity contribution < 1.29 is 4.79 Å². The molecule has 2 atom stereocenters. The molecule has 3 fully saturated rings. The fraction of sp³-hybridized carbons (Fsp3) is 0.929. The van der Waals surface area contributed by atoms with Gasteiger partial charge in [-0.15, -0.1) is 0 Å². The second-order valence-corrected chi connectivity index (χ2v) is 6.31. The van der Waals surface area contributed by atoms with Gasteiger partial charge in [-0.25, -0.2) is 0 Å². The predicted molar refractivity (Wildman–Crippen MR) is 67.7 cm³/mol. The summed E-state index contributed by atoms with van der Waals surface area (Å²) in [6.45, 7) is 2.18. The minimum Gasteiger partial charge on any atom is -0.353 e. The van der Waals surface area contributed by atoms with E-state index in [1.54, 1.807) is 0 Å². The Balaban J connectivity index is 1.55. The summed E-state index contributed by atoms with van der Waals surface area (Å²) in [5.41, 5.74) is 0.0404. The van der Waals surface area contributed by atoms with Gasteiger partial charge in [0.2, 0.25) is 5.91 Å². The van der Waals surface area contributed by atoms with Crippen molar-refractivity contribution >= 4 is 5.91 Å². The van der Waals surface area contributed by atoms with E-state index in [4.69, 9.17) is 0 Å². The molecule has 17 heavy (non-hydrogen) atoms. The first-order chi connectivity index (χ1) is 8.22. The average molecular weight is 236 g/mol. The average Bonchev–Trinajstić information content (AvgIpc) is 3.01. The minimum atomic E-state index is 0.0404. The Bertz CT molecular complexity index is 299. The largest absolute Gasteiger partial charge is 0.353 e. The number of carbonyl (C=O) groups is 1. The standard InChI is InChI=1S/C14H24N2O/c1-2-5-14(6-7-14)13(17)16-12-8-10-3-4-11(9-12)15-10/h10-12,15H,2-9H2,1H3,(H,16,17). The van der Waals surface area contributed by atoms with E-state index >= 15 is 0 Å². The molecule has 1 amide bonds. The second kappa shape index (κ2) is 4.27. The lowest BCUT2D eigenvalue weighted by Gasteiger charge is -2.31. The molecule has 3 rings (SSSR count). The van der Waals surface area contributed by atoms with Crippen LogP contribution in [0.4, 0.5) is 0 Å². The number of piperidine rings is 1. The first-order valence-corrected chi connectivity index (χ1v) is 7.29. The quantitative estimate of drug-likeness (QED) is 0.783. The van der Waals surface area contributed by atoms with Crippen LogP contribution in [0, 0.1) is 5.41 Å². The number of carbonyl (C=O) groups excluding carboxylic acids is 1. The summed E-state index contributed by atoms with van der Waals surface area (Å²) >= 11 is 0. The summed E-state index contributed by atoms with van der Waals surface area (Å²) < 4.78 is 0. The van der Waals surface area contributed by atoms with Gasteiger partial charge in [-0.1, -0.05) is 13.3 Å². The SMILES string of the molecule is CCCC1(C(=O)NC2CC3CCC(C2)N3)CC1. The molecule has 0 spiro atoms. The maximum Gasteiger partial charge on any atom is 0.226 e. The highest BCUT2D eigenvalue weighted by Crippen LogP contribution is 2.50. The van der Waals surface area contributed by atoms with Crippen molar-refractivity contribution in [2.45, 2.75) is 76.4 Å². The van der Waals surface area contributed by atoms with Gasteiger partial charge in [0, 0.05) is 23.5 Å². The van der Waals surface area contributed by atoms with Crippen LogP contribution in [0.5, 0.6) is 0 Å². The molecule has 0 aromatic carbocycles. The Morgan fingerprint density at radius 3 is 2.47 bits per heavy atom. The maximum atomic E-state index is 12.3. The first kappa shape index (κ1) is 11.5. The minimum absolute atomic E-state index is 0.0404. The Kier molecular flexibility index (Phi) is 2.89. The Labute approximate surface area is 104 Å². The molecule has 1 aliphatic carbocycles. The third kappa shape index (κ3) is 2.22. The van der Waals surface area contributed by atoms with Crippen LogP contribution < -0.4 is 10.6 Å². The molecule has 3 heteroatoms. The maximum absolute atomic E-state index is 12.3. The molecular formula is C14H24N2O. The molecule has 0 radical (unpaired) electrons. The number of hydrogen-bond acceptors (Lipinski definition) is 2. The van der Waals surface area contributed by atoms with Crippen LogP contribution in [0.3, 0.4) is 0 Å². The summed E-state index contributed by atoms with van der Waals surface area (Å²) in [4.78, 5) is 12.3. The lowest BCUT2D eigenvalue weighted by atomic mass is 9.96. The molecule has 2 aliphatic heterocycles. The number of nitrogens with one attached hydrogen (secondary N) is 2. The topological polar surface area (TPSA) is 41.1 Å². The van der Waals surface area contributed by atoms with Crippen molar-refractivity contribution in [1.82, 2.24) is 10.6 Å². The van der Waals surface area contributed by atoms with E-state index < -0.39 is 0 Å². The highest BCUT2D eigenvalue weighted by Gasteiger charge is 2.49. The van der Waals surface area contributed by atoms with Crippen LogP contribution >= 0.6 is 0 Å².